The minimum atomic E-state index is -0.231. The van der Waals surface area contributed by atoms with E-state index in [1.807, 2.05) is 18.2 Å². The maximum absolute atomic E-state index is 13.6. The summed E-state index contributed by atoms with van der Waals surface area (Å²) in [6, 6.07) is 9.24. The predicted octanol–water partition coefficient (Wildman–Crippen LogP) is 3.15. The highest BCUT2D eigenvalue weighted by Crippen LogP contribution is 2.28. The molecule has 3 rings (SSSR count). The van der Waals surface area contributed by atoms with Crippen molar-refractivity contribution in [2.45, 2.75) is 25.4 Å². The largest absolute Gasteiger partial charge is 0.481 e. The maximum atomic E-state index is 13.6. The topological polar surface area (TPSA) is 34.1 Å². The molecule has 1 fully saturated rings. The van der Waals surface area contributed by atoms with E-state index in [2.05, 4.69) is 10.3 Å². The van der Waals surface area contributed by atoms with E-state index in [1.165, 1.54) is 18.9 Å². The van der Waals surface area contributed by atoms with E-state index in [1.54, 1.807) is 19.4 Å². The summed E-state index contributed by atoms with van der Waals surface area (Å²) < 4.78 is 18.7. The zero-order valence-corrected chi connectivity index (χ0v) is 11.4. The number of nitrogens with one attached hydrogen (secondary N) is 1. The van der Waals surface area contributed by atoms with E-state index < -0.39 is 0 Å². The molecule has 0 amide bonds. The molecule has 20 heavy (non-hydrogen) atoms. The van der Waals surface area contributed by atoms with Crippen LogP contribution < -0.4 is 10.1 Å². The average Bonchev–Trinajstić information content (AvgIpc) is 3.30. The number of halogens is 1. The lowest BCUT2D eigenvalue weighted by Gasteiger charge is -2.11. The second-order valence-corrected chi connectivity index (χ2v) is 5.04. The van der Waals surface area contributed by atoms with E-state index in [9.17, 15) is 4.39 Å². The summed E-state index contributed by atoms with van der Waals surface area (Å²) in [4.78, 5) is 4.09. The molecule has 0 spiro atoms. The van der Waals surface area contributed by atoms with Gasteiger partial charge in [0.2, 0.25) is 5.88 Å². The molecular weight excluding hydrogens is 255 g/mol. The lowest BCUT2D eigenvalue weighted by Crippen LogP contribution is -2.16. The van der Waals surface area contributed by atoms with E-state index in [4.69, 9.17) is 4.74 Å². The van der Waals surface area contributed by atoms with E-state index >= 15 is 0 Å². The van der Waals surface area contributed by atoms with Crippen molar-refractivity contribution in [3.63, 3.8) is 0 Å². The molecule has 1 aromatic heterocycles. The maximum Gasteiger partial charge on any atom is 0.213 e. The molecule has 0 aliphatic heterocycles. The monoisotopic (exact) mass is 272 g/mol. The van der Waals surface area contributed by atoms with Gasteiger partial charge in [0.25, 0.3) is 0 Å². The van der Waals surface area contributed by atoms with Crippen molar-refractivity contribution in [1.82, 2.24) is 10.3 Å². The lowest BCUT2D eigenvalue weighted by atomic mass is 10.00. The SMILES string of the molecule is COc1cc(-c2cc(F)ccc2CNC2CC2)ccn1. The third-order valence-electron chi connectivity index (χ3n) is 3.49. The summed E-state index contributed by atoms with van der Waals surface area (Å²) in [5.74, 6) is 0.304. The number of hydrogen-bond acceptors (Lipinski definition) is 3. The van der Waals surface area contributed by atoms with Crippen LogP contribution in [0.3, 0.4) is 0 Å². The number of methoxy groups -OCH3 is 1. The molecule has 0 unspecified atom stereocenters. The summed E-state index contributed by atoms with van der Waals surface area (Å²) in [6.07, 6.45) is 4.15. The number of aromatic nitrogens is 1. The van der Waals surface area contributed by atoms with Crippen LogP contribution in [0.4, 0.5) is 4.39 Å². The summed E-state index contributed by atoms with van der Waals surface area (Å²) in [5.41, 5.74) is 2.90. The van der Waals surface area contributed by atoms with Gasteiger partial charge in [-0.05, 0) is 47.7 Å². The highest BCUT2D eigenvalue weighted by Gasteiger charge is 2.20. The predicted molar refractivity (Wildman–Crippen MR) is 76.0 cm³/mol. The van der Waals surface area contributed by atoms with Crippen LogP contribution in [-0.4, -0.2) is 18.1 Å². The zero-order valence-electron chi connectivity index (χ0n) is 11.4. The van der Waals surface area contributed by atoms with Crippen molar-refractivity contribution in [2.75, 3.05) is 7.11 Å². The van der Waals surface area contributed by atoms with Crippen molar-refractivity contribution in [3.8, 4) is 17.0 Å². The third kappa shape index (κ3) is 2.96. The fourth-order valence-electron chi connectivity index (χ4n) is 2.20. The van der Waals surface area contributed by atoms with Crippen molar-refractivity contribution < 1.29 is 9.13 Å². The van der Waals surface area contributed by atoms with E-state index in [-0.39, 0.29) is 5.82 Å². The quantitative estimate of drug-likeness (QED) is 0.908. The standard InChI is InChI=1S/C16H17FN2O/c1-20-16-8-11(6-7-18-16)15-9-13(17)3-2-12(15)10-19-14-4-5-14/h2-3,6-9,14,19H,4-5,10H2,1H3. The Hall–Kier alpha value is -1.94. The first-order valence-corrected chi connectivity index (χ1v) is 6.78. The molecule has 0 saturated heterocycles. The van der Waals surface area contributed by atoms with Gasteiger partial charge in [0.1, 0.15) is 5.82 Å². The van der Waals surface area contributed by atoms with Crippen molar-refractivity contribution in [3.05, 3.63) is 47.9 Å². The Morgan fingerprint density at radius 1 is 1.30 bits per heavy atom. The Kier molecular flexibility index (Phi) is 3.65. The van der Waals surface area contributed by atoms with Gasteiger partial charge in [-0.3, -0.25) is 0 Å². The molecule has 3 nitrogen and oxygen atoms in total. The van der Waals surface area contributed by atoms with Crippen LogP contribution in [0.15, 0.2) is 36.5 Å². The van der Waals surface area contributed by atoms with Gasteiger partial charge in [0, 0.05) is 24.8 Å². The number of hydrogen-bond donors (Lipinski definition) is 1. The fourth-order valence-corrected chi connectivity index (χ4v) is 2.20. The first-order chi connectivity index (χ1) is 9.76. The molecule has 1 aromatic carbocycles. The van der Waals surface area contributed by atoms with Crippen LogP contribution in [0.1, 0.15) is 18.4 Å². The third-order valence-corrected chi connectivity index (χ3v) is 3.49. The molecule has 0 atom stereocenters. The van der Waals surface area contributed by atoms with Gasteiger partial charge >= 0.3 is 0 Å². The van der Waals surface area contributed by atoms with Crippen LogP contribution in [0.5, 0.6) is 5.88 Å². The summed E-state index contributed by atoms with van der Waals surface area (Å²) in [7, 11) is 1.58. The highest BCUT2D eigenvalue weighted by molar-refractivity contribution is 5.68. The van der Waals surface area contributed by atoms with Crippen LogP contribution in [0.25, 0.3) is 11.1 Å². The van der Waals surface area contributed by atoms with Crippen LogP contribution in [0, 0.1) is 5.82 Å². The Balaban J connectivity index is 1.94. The summed E-state index contributed by atoms with van der Waals surface area (Å²) in [5, 5.41) is 3.46. The Morgan fingerprint density at radius 2 is 2.15 bits per heavy atom. The number of benzene rings is 1. The zero-order chi connectivity index (χ0) is 13.9. The lowest BCUT2D eigenvalue weighted by molar-refractivity contribution is 0.398. The fraction of sp³-hybridized carbons (Fsp3) is 0.312. The molecule has 1 saturated carbocycles. The molecular formula is C16H17FN2O. The van der Waals surface area contributed by atoms with Gasteiger partial charge in [-0.2, -0.15) is 0 Å². The van der Waals surface area contributed by atoms with Gasteiger partial charge in [-0.25, -0.2) is 9.37 Å². The molecule has 0 radical (unpaired) electrons. The first-order valence-electron chi connectivity index (χ1n) is 6.78. The summed E-state index contributed by atoms with van der Waals surface area (Å²) in [6.45, 7) is 0.755. The second-order valence-electron chi connectivity index (χ2n) is 5.04. The molecule has 1 heterocycles. The Bertz CT molecular complexity index is 611. The van der Waals surface area contributed by atoms with Crippen LogP contribution in [0.2, 0.25) is 0 Å². The Labute approximate surface area is 117 Å². The van der Waals surface area contributed by atoms with Crippen LogP contribution >= 0.6 is 0 Å². The molecule has 4 heteroatoms. The number of rotatable bonds is 5. The van der Waals surface area contributed by atoms with Gasteiger partial charge in [0.15, 0.2) is 0 Å². The normalized spacial score (nSPS) is 14.3. The number of ether oxygens (including phenoxy) is 1. The van der Waals surface area contributed by atoms with Crippen molar-refractivity contribution in [1.29, 1.82) is 0 Å². The second kappa shape index (κ2) is 5.59. The minimum absolute atomic E-state index is 0.231. The Morgan fingerprint density at radius 3 is 2.90 bits per heavy atom. The molecule has 1 N–H and O–H groups in total. The first kappa shape index (κ1) is 13.1. The molecule has 1 aliphatic carbocycles. The van der Waals surface area contributed by atoms with Gasteiger partial charge in [-0.1, -0.05) is 6.07 Å². The van der Waals surface area contributed by atoms with Gasteiger partial charge in [-0.15, -0.1) is 0 Å². The number of pyridine rings is 1. The highest BCUT2D eigenvalue weighted by atomic mass is 19.1. The van der Waals surface area contributed by atoms with E-state index in [0.29, 0.717) is 11.9 Å². The van der Waals surface area contributed by atoms with Crippen LogP contribution in [-0.2, 0) is 6.54 Å². The van der Waals surface area contributed by atoms with Crippen molar-refractivity contribution >= 4 is 0 Å². The molecule has 2 aromatic rings. The minimum Gasteiger partial charge on any atom is -0.481 e. The van der Waals surface area contributed by atoms with Crippen molar-refractivity contribution in [2.24, 2.45) is 0 Å². The number of nitrogens with zero attached hydrogens (tertiary/aromatic N) is 1. The molecule has 104 valence electrons. The van der Waals surface area contributed by atoms with Gasteiger partial charge < -0.3 is 10.1 Å². The van der Waals surface area contributed by atoms with E-state index in [0.717, 1.165) is 23.2 Å². The summed E-state index contributed by atoms with van der Waals surface area (Å²) >= 11 is 0. The van der Waals surface area contributed by atoms with Gasteiger partial charge in [0.05, 0.1) is 7.11 Å². The average molecular weight is 272 g/mol. The smallest absolute Gasteiger partial charge is 0.213 e. The molecule has 0 bridgehead atoms. The molecule has 1 aliphatic rings.